The highest BCUT2D eigenvalue weighted by Crippen LogP contribution is 2.34. The van der Waals surface area contributed by atoms with Gasteiger partial charge in [0.1, 0.15) is 17.2 Å². The molecule has 2 amide bonds. The summed E-state index contributed by atoms with van der Waals surface area (Å²) in [6.07, 6.45) is 0.560. The van der Waals surface area contributed by atoms with Crippen molar-refractivity contribution in [2.24, 2.45) is 0 Å². The number of carbonyl (C=O) groups is 2. The molecular formula is C23H26N2O5. The van der Waals surface area contributed by atoms with Crippen molar-refractivity contribution < 1.29 is 23.8 Å². The van der Waals surface area contributed by atoms with Crippen molar-refractivity contribution in [1.82, 2.24) is 4.90 Å². The largest absolute Gasteiger partial charge is 0.497 e. The van der Waals surface area contributed by atoms with E-state index in [-0.39, 0.29) is 24.1 Å². The number of hydrogen-bond donors (Lipinski definition) is 1. The maximum atomic E-state index is 13.2. The van der Waals surface area contributed by atoms with E-state index in [1.165, 1.54) is 4.90 Å². The molecule has 0 aliphatic carbocycles. The minimum atomic E-state index is -0.370. The first-order chi connectivity index (χ1) is 14.5. The zero-order valence-corrected chi connectivity index (χ0v) is 17.7. The molecule has 0 aromatic heterocycles. The van der Waals surface area contributed by atoms with Gasteiger partial charge in [-0.05, 0) is 48.7 Å². The summed E-state index contributed by atoms with van der Waals surface area (Å²) >= 11 is 0. The van der Waals surface area contributed by atoms with Crippen LogP contribution in [0.25, 0.3) is 5.57 Å². The highest BCUT2D eigenvalue weighted by molar-refractivity contribution is 6.36. The van der Waals surface area contributed by atoms with Gasteiger partial charge in [0, 0.05) is 20.3 Å². The van der Waals surface area contributed by atoms with E-state index >= 15 is 0 Å². The Morgan fingerprint density at radius 3 is 2.30 bits per heavy atom. The van der Waals surface area contributed by atoms with Crippen molar-refractivity contribution >= 4 is 23.1 Å². The monoisotopic (exact) mass is 410 g/mol. The van der Waals surface area contributed by atoms with Crippen LogP contribution in [-0.2, 0) is 14.3 Å². The molecule has 0 radical (unpaired) electrons. The Balaban J connectivity index is 2.04. The molecule has 1 aliphatic heterocycles. The molecule has 0 unspecified atom stereocenters. The molecule has 7 heteroatoms. The van der Waals surface area contributed by atoms with Gasteiger partial charge in [-0.15, -0.1) is 0 Å². The van der Waals surface area contributed by atoms with E-state index in [1.54, 1.807) is 45.6 Å². The molecule has 1 aliphatic rings. The van der Waals surface area contributed by atoms with Gasteiger partial charge in [-0.3, -0.25) is 14.5 Å². The summed E-state index contributed by atoms with van der Waals surface area (Å²) in [5, 5.41) is 3.16. The van der Waals surface area contributed by atoms with E-state index in [1.807, 2.05) is 25.1 Å². The van der Waals surface area contributed by atoms with Gasteiger partial charge < -0.3 is 19.5 Å². The third kappa shape index (κ3) is 4.31. The standard InChI is InChI=1S/C23H26N2O5/c1-15-6-11-19(30-4)18(14-15)24-21-20(16-7-9-17(29-3)10-8-16)22(26)25(23(21)27)12-5-13-28-2/h6-11,14,24H,5,12-13H2,1-4H3. The van der Waals surface area contributed by atoms with Crippen molar-refractivity contribution in [3.8, 4) is 11.5 Å². The SMILES string of the molecule is COCCCN1C(=O)C(Nc2cc(C)ccc2OC)=C(c2ccc(OC)cc2)C1=O. The normalized spacial score (nSPS) is 13.8. The number of ether oxygens (including phenoxy) is 3. The lowest BCUT2D eigenvalue weighted by molar-refractivity contribution is -0.136. The van der Waals surface area contributed by atoms with E-state index in [4.69, 9.17) is 14.2 Å². The van der Waals surface area contributed by atoms with Crippen LogP contribution in [0.3, 0.4) is 0 Å². The van der Waals surface area contributed by atoms with Gasteiger partial charge in [-0.1, -0.05) is 18.2 Å². The lowest BCUT2D eigenvalue weighted by atomic mass is 10.0. The molecule has 0 atom stereocenters. The van der Waals surface area contributed by atoms with Crippen molar-refractivity contribution in [2.75, 3.05) is 39.8 Å². The van der Waals surface area contributed by atoms with E-state index in [9.17, 15) is 9.59 Å². The Kier molecular flexibility index (Phi) is 6.74. The van der Waals surface area contributed by atoms with Crippen LogP contribution in [0.1, 0.15) is 17.5 Å². The average molecular weight is 410 g/mol. The van der Waals surface area contributed by atoms with Gasteiger partial charge in [0.15, 0.2) is 0 Å². The van der Waals surface area contributed by atoms with Crippen molar-refractivity contribution in [2.45, 2.75) is 13.3 Å². The maximum absolute atomic E-state index is 13.2. The van der Waals surface area contributed by atoms with E-state index in [0.717, 1.165) is 5.56 Å². The third-order valence-corrected chi connectivity index (χ3v) is 4.89. The Morgan fingerprint density at radius 2 is 1.67 bits per heavy atom. The Bertz CT molecular complexity index is 966. The van der Waals surface area contributed by atoms with Crippen LogP contribution >= 0.6 is 0 Å². The lowest BCUT2D eigenvalue weighted by Crippen LogP contribution is -2.33. The Labute approximate surface area is 176 Å². The average Bonchev–Trinajstić information content (AvgIpc) is 2.98. The van der Waals surface area contributed by atoms with Gasteiger partial charge in [-0.25, -0.2) is 0 Å². The Hall–Kier alpha value is -3.32. The van der Waals surface area contributed by atoms with Crippen LogP contribution < -0.4 is 14.8 Å². The second-order valence-corrected chi connectivity index (χ2v) is 6.92. The fourth-order valence-corrected chi connectivity index (χ4v) is 3.34. The minimum Gasteiger partial charge on any atom is -0.497 e. The fraction of sp³-hybridized carbons (Fsp3) is 0.304. The second kappa shape index (κ2) is 9.45. The summed E-state index contributed by atoms with van der Waals surface area (Å²) < 4.78 is 15.7. The van der Waals surface area contributed by atoms with Gasteiger partial charge in [0.05, 0.1) is 25.5 Å². The predicted molar refractivity (Wildman–Crippen MR) is 114 cm³/mol. The molecule has 3 rings (SSSR count). The summed E-state index contributed by atoms with van der Waals surface area (Å²) in [7, 11) is 4.73. The zero-order chi connectivity index (χ0) is 21.7. The van der Waals surface area contributed by atoms with Crippen LogP contribution in [0.15, 0.2) is 48.2 Å². The number of carbonyl (C=O) groups excluding carboxylic acids is 2. The van der Waals surface area contributed by atoms with Crippen molar-refractivity contribution in [3.63, 3.8) is 0 Å². The zero-order valence-electron chi connectivity index (χ0n) is 17.7. The van der Waals surface area contributed by atoms with Crippen LogP contribution in [0.4, 0.5) is 5.69 Å². The number of rotatable bonds is 9. The van der Waals surface area contributed by atoms with Gasteiger partial charge in [0.25, 0.3) is 11.8 Å². The second-order valence-electron chi connectivity index (χ2n) is 6.92. The quantitative estimate of drug-likeness (QED) is 0.505. The summed E-state index contributed by atoms with van der Waals surface area (Å²) in [6.45, 7) is 2.69. The molecule has 2 aromatic rings. The number of amides is 2. The molecule has 2 aromatic carbocycles. The lowest BCUT2D eigenvalue weighted by Gasteiger charge is -2.15. The fourth-order valence-electron chi connectivity index (χ4n) is 3.34. The molecule has 1 N–H and O–H groups in total. The third-order valence-electron chi connectivity index (χ3n) is 4.89. The van der Waals surface area contributed by atoms with Crippen LogP contribution in [0.2, 0.25) is 0 Å². The van der Waals surface area contributed by atoms with E-state index in [2.05, 4.69) is 5.32 Å². The topological polar surface area (TPSA) is 77.1 Å². The first-order valence-electron chi connectivity index (χ1n) is 9.65. The highest BCUT2D eigenvalue weighted by Gasteiger charge is 2.39. The van der Waals surface area contributed by atoms with Gasteiger partial charge in [0.2, 0.25) is 0 Å². The summed E-state index contributed by atoms with van der Waals surface area (Å²) in [5.41, 5.74) is 2.81. The molecule has 158 valence electrons. The molecule has 7 nitrogen and oxygen atoms in total. The van der Waals surface area contributed by atoms with Crippen molar-refractivity contribution in [1.29, 1.82) is 0 Å². The number of methoxy groups -OCH3 is 3. The van der Waals surface area contributed by atoms with E-state index in [0.29, 0.717) is 41.4 Å². The van der Waals surface area contributed by atoms with Crippen LogP contribution in [0, 0.1) is 6.92 Å². The summed E-state index contributed by atoms with van der Waals surface area (Å²) in [6, 6.07) is 12.7. The summed E-state index contributed by atoms with van der Waals surface area (Å²) in [4.78, 5) is 27.6. The molecule has 30 heavy (non-hydrogen) atoms. The van der Waals surface area contributed by atoms with Crippen LogP contribution in [0.5, 0.6) is 11.5 Å². The predicted octanol–water partition coefficient (Wildman–Crippen LogP) is 3.24. The minimum absolute atomic E-state index is 0.228. The Morgan fingerprint density at radius 1 is 0.933 bits per heavy atom. The van der Waals surface area contributed by atoms with Gasteiger partial charge in [-0.2, -0.15) is 0 Å². The first kappa shape index (κ1) is 21.4. The van der Waals surface area contributed by atoms with E-state index < -0.39 is 0 Å². The molecule has 1 heterocycles. The summed E-state index contributed by atoms with van der Waals surface area (Å²) in [5.74, 6) is 0.545. The maximum Gasteiger partial charge on any atom is 0.278 e. The first-order valence-corrected chi connectivity index (χ1v) is 9.65. The number of nitrogens with one attached hydrogen (secondary N) is 1. The number of benzene rings is 2. The molecule has 0 saturated heterocycles. The van der Waals surface area contributed by atoms with Crippen LogP contribution in [-0.4, -0.2) is 51.2 Å². The molecule has 0 saturated carbocycles. The highest BCUT2D eigenvalue weighted by atomic mass is 16.5. The number of aryl methyl sites for hydroxylation is 1. The number of hydrogen-bond acceptors (Lipinski definition) is 6. The number of nitrogens with zero attached hydrogens (tertiary/aromatic N) is 1. The van der Waals surface area contributed by atoms with Gasteiger partial charge >= 0.3 is 0 Å². The van der Waals surface area contributed by atoms with Crippen molar-refractivity contribution in [3.05, 3.63) is 59.3 Å². The molecule has 0 bridgehead atoms. The smallest absolute Gasteiger partial charge is 0.278 e. The molecule has 0 spiro atoms. The molecular weight excluding hydrogens is 384 g/mol. The number of anilines is 1. The molecule has 0 fully saturated rings. The number of imide groups is 1.